The summed E-state index contributed by atoms with van der Waals surface area (Å²) in [5.74, 6) is -0.344. The molecule has 0 atom stereocenters. The first kappa shape index (κ1) is 20.3. The molecule has 21 heavy (non-hydrogen) atoms. The first-order valence-corrected chi connectivity index (χ1v) is 8.78. The van der Waals surface area contributed by atoms with Crippen molar-refractivity contribution >= 4 is 14.8 Å². The molecule has 0 amide bonds. The Bertz CT molecular complexity index is 345. The third kappa shape index (κ3) is 5.88. The molecule has 0 saturated heterocycles. The van der Waals surface area contributed by atoms with Gasteiger partial charge < -0.3 is 22.9 Å². The maximum atomic E-state index is 12.2. The van der Waals surface area contributed by atoms with E-state index in [0.29, 0.717) is 25.1 Å². The number of esters is 1. The molecule has 0 saturated carbocycles. The zero-order valence-electron chi connectivity index (χ0n) is 14.3. The molecule has 0 aliphatic carbocycles. The first-order valence-electron chi connectivity index (χ1n) is 7.06. The molecule has 0 rings (SSSR count). The van der Waals surface area contributed by atoms with Gasteiger partial charge >= 0.3 is 14.8 Å². The number of likely N-dealkylation sites (N-methyl/N-ethyl adjacent to an activating group) is 1. The van der Waals surface area contributed by atoms with Crippen LogP contribution >= 0.6 is 0 Å². The van der Waals surface area contributed by atoms with Crippen molar-refractivity contribution in [2.24, 2.45) is 0 Å². The largest absolute Gasteiger partial charge is 0.532 e. The predicted octanol–water partition coefficient (Wildman–Crippen LogP) is 1.63. The summed E-state index contributed by atoms with van der Waals surface area (Å²) in [6.07, 6.45) is 1.54. The van der Waals surface area contributed by atoms with Gasteiger partial charge in [-0.1, -0.05) is 13.3 Å². The fourth-order valence-corrected chi connectivity index (χ4v) is 4.35. The van der Waals surface area contributed by atoms with Gasteiger partial charge in [0, 0.05) is 38.6 Å². The van der Waals surface area contributed by atoms with Crippen molar-refractivity contribution in [1.82, 2.24) is 4.90 Å². The van der Waals surface area contributed by atoms with Crippen LogP contribution in [0.5, 0.6) is 0 Å². The summed E-state index contributed by atoms with van der Waals surface area (Å²) in [5.41, 5.74) is 0.521. The number of hydrogen-bond donors (Lipinski definition) is 0. The zero-order valence-corrected chi connectivity index (χ0v) is 15.3. The molecule has 0 heterocycles. The molecule has 0 bridgehead atoms. The lowest BCUT2D eigenvalue weighted by molar-refractivity contribution is -0.139. The Morgan fingerprint density at radius 2 is 1.62 bits per heavy atom. The van der Waals surface area contributed by atoms with Crippen molar-refractivity contribution in [2.45, 2.75) is 26.7 Å². The second kappa shape index (κ2) is 10.1. The second-order valence-corrected chi connectivity index (χ2v) is 7.90. The minimum absolute atomic E-state index is 0.344. The lowest BCUT2D eigenvalue weighted by Gasteiger charge is -2.28. The number of rotatable bonds is 10. The third-order valence-electron chi connectivity index (χ3n) is 3.21. The highest BCUT2D eigenvalue weighted by Gasteiger charge is 2.44. The summed E-state index contributed by atoms with van der Waals surface area (Å²) in [5, 5.41) is 0.785. The standard InChI is InChI=1S/C14H29NO5Si/c1-8-9-13(21(17-5,18-6)19-7)12(2)14(16)20-11-10-15(3)4/h8-11H2,1-7H3. The van der Waals surface area contributed by atoms with Crippen molar-refractivity contribution < 1.29 is 22.8 Å². The van der Waals surface area contributed by atoms with E-state index in [4.69, 9.17) is 18.0 Å². The molecular formula is C14H29NO5Si. The fraction of sp³-hybridized carbons (Fsp3) is 0.786. The Kier molecular flexibility index (Phi) is 9.72. The van der Waals surface area contributed by atoms with Crippen molar-refractivity contribution in [3.05, 3.63) is 10.8 Å². The van der Waals surface area contributed by atoms with Gasteiger partial charge in [-0.2, -0.15) is 0 Å². The van der Waals surface area contributed by atoms with Gasteiger partial charge in [0.15, 0.2) is 0 Å². The van der Waals surface area contributed by atoms with Gasteiger partial charge in [0.25, 0.3) is 0 Å². The quantitative estimate of drug-likeness (QED) is 0.346. The minimum atomic E-state index is -2.99. The van der Waals surface area contributed by atoms with Gasteiger partial charge in [-0.3, -0.25) is 0 Å². The van der Waals surface area contributed by atoms with Crippen LogP contribution in [0.3, 0.4) is 0 Å². The highest BCUT2D eigenvalue weighted by Crippen LogP contribution is 2.26. The van der Waals surface area contributed by atoms with Gasteiger partial charge in [-0.05, 0) is 27.4 Å². The molecule has 0 aliphatic rings. The molecule has 0 aromatic carbocycles. The Morgan fingerprint density at radius 1 is 1.10 bits per heavy atom. The maximum Gasteiger partial charge on any atom is 0.532 e. The number of nitrogens with zero attached hydrogens (tertiary/aromatic N) is 1. The Balaban J connectivity index is 5.23. The average molecular weight is 319 g/mol. The number of carbonyl (C=O) groups is 1. The summed E-state index contributed by atoms with van der Waals surface area (Å²) in [6.45, 7) is 4.81. The molecule has 0 aliphatic heterocycles. The molecule has 124 valence electrons. The Morgan fingerprint density at radius 3 is 2.00 bits per heavy atom. The van der Waals surface area contributed by atoms with Crippen LogP contribution in [0.15, 0.2) is 10.8 Å². The maximum absolute atomic E-state index is 12.2. The Hall–Kier alpha value is -0.733. The van der Waals surface area contributed by atoms with E-state index >= 15 is 0 Å². The summed E-state index contributed by atoms with van der Waals surface area (Å²) in [4.78, 5) is 14.1. The van der Waals surface area contributed by atoms with E-state index in [2.05, 4.69) is 0 Å². The van der Waals surface area contributed by atoms with E-state index in [1.165, 1.54) is 0 Å². The number of carbonyl (C=O) groups excluding carboxylic acids is 1. The van der Waals surface area contributed by atoms with Gasteiger partial charge in [0.1, 0.15) is 6.61 Å². The zero-order chi connectivity index (χ0) is 16.5. The fourth-order valence-electron chi connectivity index (χ4n) is 1.99. The van der Waals surface area contributed by atoms with Crippen molar-refractivity contribution in [3.63, 3.8) is 0 Å². The van der Waals surface area contributed by atoms with Crippen LogP contribution in [0.2, 0.25) is 0 Å². The Labute approximate surface area is 129 Å². The smallest absolute Gasteiger partial charge is 0.461 e. The van der Waals surface area contributed by atoms with Crippen molar-refractivity contribution in [2.75, 3.05) is 48.6 Å². The molecule has 0 radical (unpaired) electrons. The van der Waals surface area contributed by atoms with Crippen molar-refractivity contribution in [1.29, 1.82) is 0 Å². The van der Waals surface area contributed by atoms with Crippen LogP contribution in [0, 0.1) is 0 Å². The molecule has 0 aromatic heterocycles. The molecule has 0 spiro atoms. The van der Waals surface area contributed by atoms with E-state index in [1.54, 1.807) is 28.3 Å². The normalized spacial score (nSPS) is 13.3. The summed E-state index contributed by atoms with van der Waals surface area (Å²) >= 11 is 0. The molecule has 6 nitrogen and oxygen atoms in total. The van der Waals surface area contributed by atoms with Gasteiger partial charge in [-0.15, -0.1) is 0 Å². The number of ether oxygens (including phenoxy) is 1. The molecule has 0 unspecified atom stereocenters. The van der Waals surface area contributed by atoms with Crippen molar-refractivity contribution in [3.8, 4) is 0 Å². The summed E-state index contributed by atoms with van der Waals surface area (Å²) in [7, 11) is 5.49. The average Bonchev–Trinajstić information content (AvgIpc) is 2.47. The highest BCUT2D eigenvalue weighted by molar-refractivity contribution is 6.69. The van der Waals surface area contributed by atoms with Crippen LogP contribution in [0.25, 0.3) is 0 Å². The summed E-state index contributed by atoms with van der Waals surface area (Å²) < 4.78 is 21.7. The lowest BCUT2D eigenvalue weighted by atomic mass is 10.2. The minimum Gasteiger partial charge on any atom is -0.461 e. The van der Waals surface area contributed by atoms with Crippen LogP contribution in [-0.4, -0.2) is 68.3 Å². The topological polar surface area (TPSA) is 57.2 Å². The van der Waals surface area contributed by atoms with E-state index in [-0.39, 0.29) is 5.97 Å². The van der Waals surface area contributed by atoms with E-state index < -0.39 is 8.80 Å². The molecule has 7 heteroatoms. The second-order valence-electron chi connectivity index (χ2n) is 4.96. The SMILES string of the molecule is CCCC(=C(C)C(=O)OCCN(C)C)[Si](OC)(OC)OC. The number of allylic oxidation sites excluding steroid dienone is 1. The third-order valence-corrected chi connectivity index (χ3v) is 6.18. The highest BCUT2D eigenvalue weighted by atomic mass is 28.4. The lowest BCUT2D eigenvalue weighted by Crippen LogP contribution is -2.46. The van der Waals surface area contributed by atoms with E-state index in [0.717, 1.165) is 11.6 Å². The van der Waals surface area contributed by atoms with Gasteiger partial charge in [0.05, 0.1) is 0 Å². The van der Waals surface area contributed by atoms with E-state index in [1.807, 2.05) is 25.9 Å². The van der Waals surface area contributed by atoms with Gasteiger partial charge in [-0.25, -0.2) is 4.79 Å². The molecular weight excluding hydrogens is 290 g/mol. The first-order chi connectivity index (χ1) is 9.88. The number of hydrogen-bond acceptors (Lipinski definition) is 6. The van der Waals surface area contributed by atoms with Crippen LogP contribution in [0.4, 0.5) is 0 Å². The molecule has 0 aromatic rings. The van der Waals surface area contributed by atoms with Crippen LogP contribution in [0.1, 0.15) is 26.7 Å². The molecule has 0 N–H and O–H groups in total. The summed E-state index contributed by atoms with van der Waals surface area (Å²) in [6, 6.07) is 0. The van der Waals surface area contributed by atoms with Crippen LogP contribution < -0.4 is 0 Å². The molecule has 0 fully saturated rings. The van der Waals surface area contributed by atoms with E-state index in [9.17, 15) is 4.79 Å². The van der Waals surface area contributed by atoms with Gasteiger partial charge in [0.2, 0.25) is 0 Å². The predicted molar refractivity (Wildman–Crippen MR) is 83.9 cm³/mol. The monoisotopic (exact) mass is 319 g/mol. The van der Waals surface area contributed by atoms with Crippen LogP contribution in [-0.2, 0) is 22.8 Å².